The monoisotopic (exact) mass is 367 g/mol. The van der Waals surface area contributed by atoms with Crippen LogP contribution in [0.5, 0.6) is 0 Å². The number of aromatic amines is 1. The molecule has 2 N–H and O–H groups in total. The number of fused-ring (bicyclic) bond motifs is 2. The van der Waals surface area contributed by atoms with Gasteiger partial charge in [-0.25, -0.2) is 9.97 Å². The van der Waals surface area contributed by atoms with Gasteiger partial charge in [0.25, 0.3) is 0 Å². The molecule has 0 radical (unpaired) electrons. The second-order valence-corrected chi connectivity index (χ2v) is 6.56. The van der Waals surface area contributed by atoms with Crippen molar-refractivity contribution in [2.45, 2.75) is 25.9 Å². The van der Waals surface area contributed by atoms with Gasteiger partial charge in [-0.2, -0.15) is 0 Å². The van der Waals surface area contributed by atoms with E-state index in [0.29, 0.717) is 28.2 Å². The summed E-state index contributed by atoms with van der Waals surface area (Å²) in [7, 11) is 0. The molecule has 1 aromatic carbocycles. The molecule has 132 valence electrons. The molecule has 0 spiro atoms. The first-order chi connectivity index (χ1) is 12.7. The van der Waals surface area contributed by atoms with Crippen LogP contribution in [-0.2, 0) is 6.54 Å². The summed E-state index contributed by atoms with van der Waals surface area (Å²) in [5.41, 5.74) is 2.34. The Morgan fingerprint density at radius 1 is 1.35 bits per heavy atom. The Balaban J connectivity index is 1.60. The third kappa shape index (κ3) is 3.09. The maximum Gasteiger partial charge on any atom is 0.233 e. The molecule has 0 aliphatic rings. The van der Waals surface area contributed by atoms with Crippen LogP contribution in [0.1, 0.15) is 30.8 Å². The Hall–Kier alpha value is -2.70. The predicted molar refractivity (Wildman–Crippen MR) is 102 cm³/mol. The molecule has 1 atom stereocenters. The van der Waals surface area contributed by atoms with Gasteiger partial charge in [0.05, 0.1) is 22.3 Å². The average Bonchev–Trinajstić information content (AvgIpc) is 3.07. The maximum absolute atomic E-state index is 12.3. The molecule has 4 aromatic rings. The highest BCUT2D eigenvalue weighted by molar-refractivity contribution is 6.35. The topological polar surface area (TPSA) is 75.1 Å². The van der Waals surface area contributed by atoms with Crippen LogP contribution in [0.4, 0.5) is 0 Å². The van der Waals surface area contributed by atoms with E-state index in [1.165, 1.54) is 0 Å². The zero-order chi connectivity index (χ0) is 18.1. The molecule has 3 heterocycles. The first-order valence-electron chi connectivity index (χ1n) is 8.49. The largest absolute Gasteiger partial charge is 0.356 e. The summed E-state index contributed by atoms with van der Waals surface area (Å²) in [6.07, 6.45) is 6.49. The number of benzene rings is 1. The summed E-state index contributed by atoms with van der Waals surface area (Å²) >= 11 is 6.22. The van der Waals surface area contributed by atoms with Crippen molar-refractivity contribution in [2.75, 3.05) is 0 Å². The van der Waals surface area contributed by atoms with Crippen LogP contribution in [0.3, 0.4) is 0 Å². The van der Waals surface area contributed by atoms with E-state index in [1.54, 1.807) is 30.5 Å². The van der Waals surface area contributed by atoms with Gasteiger partial charge in [0.15, 0.2) is 5.43 Å². The van der Waals surface area contributed by atoms with E-state index >= 15 is 0 Å². The van der Waals surface area contributed by atoms with E-state index in [2.05, 4.69) is 27.2 Å². The van der Waals surface area contributed by atoms with Crippen molar-refractivity contribution in [3.63, 3.8) is 0 Å². The van der Waals surface area contributed by atoms with Crippen LogP contribution in [0.15, 0.2) is 53.7 Å². The number of nitrogens with one attached hydrogen (secondary N) is 2. The number of aromatic nitrogens is 4. The summed E-state index contributed by atoms with van der Waals surface area (Å²) in [6, 6.07) is 8.87. The third-order valence-corrected chi connectivity index (χ3v) is 4.74. The second-order valence-electron chi connectivity index (χ2n) is 6.16. The summed E-state index contributed by atoms with van der Waals surface area (Å²) in [6.45, 7) is 2.60. The number of nitrogens with zero attached hydrogens (tertiary/aromatic N) is 3. The minimum absolute atomic E-state index is 0.0389. The summed E-state index contributed by atoms with van der Waals surface area (Å²) in [5.74, 6) is 0.675. The Morgan fingerprint density at radius 3 is 3.04 bits per heavy atom. The standard InChI is InChI=1S/C19H18ClN5O/c1-2-15(16-11-25-8-4-7-21-19(25)24-16)22-10-12-9-17(26)13-5-3-6-14(20)18(13)23-12/h3-9,11,15,22H,2,10H2,1H3,(H,23,26). The second kappa shape index (κ2) is 6.90. The molecule has 0 amide bonds. The molecule has 0 fully saturated rings. The zero-order valence-corrected chi connectivity index (χ0v) is 15.0. The maximum atomic E-state index is 12.3. The third-order valence-electron chi connectivity index (χ3n) is 4.43. The van der Waals surface area contributed by atoms with E-state index < -0.39 is 0 Å². The smallest absolute Gasteiger partial charge is 0.233 e. The number of imidazole rings is 1. The number of hydrogen-bond donors (Lipinski definition) is 2. The molecule has 0 aliphatic heterocycles. The summed E-state index contributed by atoms with van der Waals surface area (Å²) in [5, 5.41) is 4.60. The van der Waals surface area contributed by atoms with Gasteiger partial charge < -0.3 is 10.3 Å². The molecule has 1 unspecified atom stereocenters. The Labute approximate surface area is 154 Å². The Morgan fingerprint density at radius 2 is 2.23 bits per heavy atom. The lowest BCUT2D eigenvalue weighted by atomic mass is 10.1. The molecule has 26 heavy (non-hydrogen) atoms. The molecular weight excluding hydrogens is 350 g/mol. The van der Waals surface area contributed by atoms with Gasteiger partial charge in [0, 0.05) is 42.3 Å². The summed E-state index contributed by atoms with van der Waals surface area (Å²) in [4.78, 5) is 24.4. The van der Waals surface area contributed by atoms with Crippen LogP contribution in [0.2, 0.25) is 5.02 Å². The molecule has 7 heteroatoms. The van der Waals surface area contributed by atoms with E-state index in [-0.39, 0.29) is 11.5 Å². The van der Waals surface area contributed by atoms with Gasteiger partial charge in [-0.3, -0.25) is 9.20 Å². The SMILES string of the molecule is CCC(NCc1cc(=O)c2cccc(Cl)c2[nH]1)c1cn2cccnc2n1. The predicted octanol–water partition coefficient (Wildman–Crippen LogP) is 3.47. The van der Waals surface area contributed by atoms with Crippen molar-refractivity contribution in [3.8, 4) is 0 Å². The van der Waals surface area contributed by atoms with Gasteiger partial charge in [0.2, 0.25) is 5.78 Å². The lowest BCUT2D eigenvalue weighted by molar-refractivity contribution is 0.505. The first-order valence-corrected chi connectivity index (χ1v) is 8.87. The van der Waals surface area contributed by atoms with Gasteiger partial charge >= 0.3 is 0 Å². The fraction of sp³-hybridized carbons (Fsp3) is 0.211. The average molecular weight is 368 g/mol. The minimum atomic E-state index is -0.0389. The van der Waals surface area contributed by atoms with E-state index in [0.717, 1.165) is 17.8 Å². The minimum Gasteiger partial charge on any atom is -0.356 e. The van der Waals surface area contributed by atoms with Gasteiger partial charge in [-0.1, -0.05) is 24.6 Å². The van der Waals surface area contributed by atoms with Crippen molar-refractivity contribution in [3.05, 3.63) is 75.6 Å². The molecule has 6 nitrogen and oxygen atoms in total. The number of hydrogen-bond acceptors (Lipinski definition) is 4. The van der Waals surface area contributed by atoms with Gasteiger partial charge in [-0.15, -0.1) is 0 Å². The van der Waals surface area contributed by atoms with Crippen molar-refractivity contribution >= 4 is 28.3 Å². The molecule has 0 aliphatic carbocycles. The van der Waals surface area contributed by atoms with Crippen LogP contribution in [-0.4, -0.2) is 19.4 Å². The quantitative estimate of drug-likeness (QED) is 0.566. The number of pyridine rings is 1. The highest BCUT2D eigenvalue weighted by Crippen LogP contribution is 2.20. The van der Waals surface area contributed by atoms with Crippen molar-refractivity contribution in [1.29, 1.82) is 0 Å². The van der Waals surface area contributed by atoms with Crippen molar-refractivity contribution in [1.82, 2.24) is 24.7 Å². The molecular formula is C19H18ClN5O. The lowest BCUT2D eigenvalue weighted by Gasteiger charge is -2.15. The first kappa shape index (κ1) is 16.8. The highest BCUT2D eigenvalue weighted by atomic mass is 35.5. The fourth-order valence-corrected chi connectivity index (χ4v) is 3.31. The van der Waals surface area contributed by atoms with Crippen LogP contribution in [0, 0.1) is 0 Å². The van der Waals surface area contributed by atoms with Crippen LogP contribution < -0.4 is 10.7 Å². The normalized spacial score (nSPS) is 12.7. The van der Waals surface area contributed by atoms with Crippen LogP contribution >= 0.6 is 11.6 Å². The van der Waals surface area contributed by atoms with Crippen molar-refractivity contribution < 1.29 is 0 Å². The van der Waals surface area contributed by atoms with Gasteiger partial charge in [-0.05, 0) is 24.6 Å². The fourth-order valence-electron chi connectivity index (χ4n) is 3.09. The van der Waals surface area contributed by atoms with Gasteiger partial charge in [0.1, 0.15) is 0 Å². The molecule has 3 aromatic heterocycles. The van der Waals surface area contributed by atoms with E-state index in [1.807, 2.05) is 22.9 Å². The number of para-hydroxylation sites is 1. The molecule has 0 bridgehead atoms. The zero-order valence-electron chi connectivity index (χ0n) is 14.2. The van der Waals surface area contributed by atoms with Crippen LogP contribution in [0.25, 0.3) is 16.7 Å². The highest BCUT2D eigenvalue weighted by Gasteiger charge is 2.14. The Bertz CT molecular complexity index is 1100. The Kier molecular flexibility index (Phi) is 4.44. The number of rotatable bonds is 5. The van der Waals surface area contributed by atoms with E-state index in [4.69, 9.17) is 11.6 Å². The van der Waals surface area contributed by atoms with E-state index in [9.17, 15) is 4.79 Å². The number of H-pyrrole nitrogens is 1. The number of halogens is 1. The lowest BCUT2D eigenvalue weighted by Crippen LogP contribution is -2.22. The molecule has 0 saturated carbocycles. The van der Waals surface area contributed by atoms with Crippen molar-refractivity contribution in [2.24, 2.45) is 0 Å². The molecule has 0 saturated heterocycles. The molecule has 4 rings (SSSR count). The summed E-state index contributed by atoms with van der Waals surface area (Å²) < 4.78 is 1.90.